The fraction of sp³-hybridized carbons (Fsp3) is 0.273. The number of aromatic nitrogens is 2. The number of H-pyrrole nitrogens is 1. The van der Waals surface area contributed by atoms with Gasteiger partial charge in [0.05, 0.1) is 29.9 Å². The summed E-state index contributed by atoms with van der Waals surface area (Å²) in [6.45, 7) is 1.83. The largest absolute Gasteiger partial charge is 0.497 e. The van der Waals surface area contributed by atoms with Crippen molar-refractivity contribution in [1.29, 1.82) is 0 Å². The monoisotopic (exact) mass is 440 g/mol. The van der Waals surface area contributed by atoms with E-state index >= 15 is 0 Å². The van der Waals surface area contributed by atoms with Crippen LogP contribution in [0.15, 0.2) is 59.6 Å². The van der Waals surface area contributed by atoms with Gasteiger partial charge in [-0.1, -0.05) is 12.1 Å². The van der Waals surface area contributed by atoms with Crippen molar-refractivity contribution in [3.8, 4) is 16.9 Å². The first kappa shape index (κ1) is 21.1. The summed E-state index contributed by atoms with van der Waals surface area (Å²) in [5.41, 5.74) is 3.08. The lowest BCUT2D eigenvalue weighted by molar-refractivity contribution is -0.114. The molecule has 1 aliphatic rings. The average Bonchev–Trinajstić information content (AvgIpc) is 3.43. The number of anilines is 1. The highest BCUT2D eigenvalue weighted by Gasteiger charge is 2.38. The molecule has 1 fully saturated rings. The van der Waals surface area contributed by atoms with E-state index in [0.717, 1.165) is 29.0 Å². The minimum atomic E-state index is -3.72. The van der Waals surface area contributed by atoms with Crippen LogP contribution in [0.3, 0.4) is 0 Å². The molecule has 3 aromatic rings. The van der Waals surface area contributed by atoms with E-state index in [-0.39, 0.29) is 16.8 Å². The number of amides is 1. The molecule has 1 aromatic heterocycles. The van der Waals surface area contributed by atoms with E-state index in [1.54, 1.807) is 25.4 Å². The SMILES string of the molecule is COc1cccc(-c2cn[nH]c2[C@H]2CCCN2S(=O)(=O)c2ccc(NC(C)=O)cc2)c1. The highest BCUT2D eigenvalue weighted by atomic mass is 32.2. The Morgan fingerprint density at radius 1 is 1.23 bits per heavy atom. The van der Waals surface area contributed by atoms with Gasteiger partial charge in [-0.15, -0.1) is 0 Å². The van der Waals surface area contributed by atoms with Crippen LogP contribution in [-0.4, -0.2) is 42.5 Å². The first-order valence-electron chi connectivity index (χ1n) is 9.97. The predicted molar refractivity (Wildman–Crippen MR) is 117 cm³/mol. The number of aromatic amines is 1. The molecule has 0 unspecified atom stereocenters. The average molecular weight is 441 g/mol. The maximum atomic E-state index is 13.4. The molecule has 0 radical (unpaired) electrons. The van der Waals surface area contributed by atoms with E-state index in [1.807, 2.05) is 24.3 Å². The standard InChI is InChI=1S/C22H24N4O4S/c1-15(27)24-17-8-10-19(11-9-17)31(28,29)26-12-4-7-21(26)22-20(14-23-25-22)16-5-3-6-18(13-16)30-2/h3,5-6,8-11,13-14,21H,4,7,12H2,1-2H3,(H,23,25)(H,24,27)/t21-/m1/s1. The smallest absolute Gasteiger partial charge is 0.243 e. The van der Waals surface area contributed by atoms with Crippen molar-refractivity contribution in [2.45, 2.75) is 30.7 Å². The van der Waals surface area contributed by atoms with Gasteiger partial charge < -0.3 is 10.1 Å². The topological polar surface area (TPSA) is 104 Å². The molecular weight excluding hydrogens is 416 g/mol. The number of nitrogens with one attached hydrogen (secondary N) is 2. The van der Waals surface area contributed by atoms with Gasteiger partial charge in [0.15, 0.2) is 0 Å². The summed E-state index contributed by atoms with van der Waals surface area (Å²) in [7, 11) is -2.11. The molecular formula is C22H24N4O4S. The second-order valence-electron chi connectivity index (χ2n) is 7.41. The molecule has 1 aliphatic heterocycles. The summed E-state index contributed by atoms with van der Waals surface area (Å²) >= 11 is 0. The second-order valence-corrected chi connectivity index (χ2v) is 9.30. The van der Waals surface area contributed by atoms with Crippen LogP contribution in [0.4, 0.5) is 5.69 Å². The maximum Gasteiger partial charge on any atom is 0.243 e. The summed E-state index contributed by atoms with van der Waals surface area (Å²) in [6.07, 6.45) is 3.17. The van der Waals surface area contributed by atoms with Gasteiger partial charge in [0.2, 0.25) is 15.9 Å². The van der Waals surface area contributed by atoms with Crippen molar-refractivity contribution in [2.75, 3.05) is 19.0 Å². The minimum absolute atomic E-state index is 0.191. The van der Waals surface area contributed by atoms with Gasteiger partial charge in [-0.05, 0) is 54.8 Å². The molecule has 162 valence electrons. The maximum absolute atomic E-state index is 13.4. The van der Waals surface area contributed by atoms with Gasteiger partial charge in [0.25, 0.3) is 0 Å². The second kappa shape index (κ2) is 8.52. The summed E-state index contributed by atoms with van der Waals surface area (Å²) in [6, 6.07) is 13.5. The Morgan fingerprint density at radius 2 is 2.00 bits per heavy atom. The third-order valence-corrected chi connectivity index (χ3v) is 7.29. The lowest BCUT2D eigenvalue weighted by Crippen LogP contribution is -2.31. The zero-order chi connectivity index (χ0) is 22.0. The number of methoxy groups -OCH3 is 1. The first-order valence-corrected chi connectivity index (χ1v) is 11.4. The fourth-order valence-corrected chi connectivity index (χ4v) is 5.60. The molecule has 8 nitrogen and oxygen atoms in total. The molecule has 0 bridgehead atoms. The number of hydrogen-bond acceptors (Lipinski definition) is 5. The molecule has 2 aromatic carbocycles. The van der Waals surface area contributed by atoms with Gasteiger partial charge in [-0.25, -0.2) is 8.42 Å². The van der Waals surface area contributed by atoms with Gasteiger partial charge >= 0.3 is 0 Å². The van der Waals surface area contributed by atoms with E-state index < -0.39 is 10.0 Å². The molecule has 2 heterocycles. The number of carbonyl (C=O) groups excluding carboxylic acids is 1. The highest BCUT2D eigenvalue weighted by molar-refractivity contribution is 7.89. The summed E-state index contributed by atoms with van der Waals surface area (Å²) < 4.78 is 33.7. The number of rotatable bonds is 6. The molecule has 1 saturated heterocycles. The van der Waals surface area contributed by atoms with Crippen LogP contribution in [0.1, 0.15) is 31.5 Å². The Bertz CT molecular complexity index is 1190. The van der Waals surface area contributed by atoms with Crippen LogP contribution >= 0.6 is 0 Å². The van der Waals surface area contributed by atoms with Gasteiger partial charge in [-0.2, -0.15) is 9.40 Å². The van der Waals surface area contributed by atoms with Crippen molar-refractivity contribution < 1.29 is 17.9 Å². The molecule has 0 saturated carbocycles. The lowest BCUT2D eigenvalue weighted by atomic mass is 10.0. The molecule has 9 heteroatoms. The molecule has 1 amide bonds. The van der Waals surface area contributed by atoms with Crippen molar-refractivity contribution in [3.63, 3.8) is 0 Å². The van der Waals surface area contributed by atoms with Crippen LogP contribution < -0.4 is 10.1 Å². The Balaban J connectivity index is 1.66. The highest BCUT2D eigenvalue weighted by Crippen LogP contribution is 2.40. The first-order chi connectivity index (χ1) is 14.9. The van der Waals surface area contributed by atoms with Crippen LogP contribution in [-0.2, 0) is 14.8 Å². The number of hydrogen-bond donors (Lipinski definition) is 2. The summed E-state index contributed by atoms with van der Waals surface area (Å²) in [4.78, 5) is 11.4. The third kappa shape index (κ3) is 4.19. The van der Waals surface area contributed by atoms with Crippen molar-refractivity contribution in [2.24, 2.45) is 0 Å². The number of carbonyl (C=O) groups is 1. The number of nitrogens with zero attached hydrogens (tertiary/aromatic N) is 2. The Morgan fingerprint density at radius 3 is 2.71 bits per heavy atom. The molecule has 1 atom stereocenters. The minimum Gasteiger partial charge on any atom is -0.497 e. The Kier molecular flexibility index (Phi) is 5.79. The normalized spacial score (nSPS) is 16.9. The molecule has 0 spiro atoms. The molecule has 31 heavy (non-hydrogen) atoms. The Labute approximate surface area is 181 Å². The van der Waals surface area contributed by atoms with E-state index in [4.69, 9.17) is 4.74 Å². The van der Waals surface area contributed by atoms with E-state index in [9.17, 15) is 13.2 Å². The van der Waals surface area contributed by atoms with E-state index in [0.29, 0.717) is 18.7 Å². The van der Waals surface area contributed by atoms with Gasteiger partial charge in [-0.3, -0.25) is 9.89 Å². The van der Waals surface area contributed by atoms with E-state index in [1.165, 1.54) is 23.4 Å². The molecule has 2 N–H and O–H groups in total. The predicted octanol–water partition coefficient (Wildman–Crippen LogP) is 3.57. The van der Waals surface area contributed by atoms with Crippen LogP contribution in [0.5, 0.6) is 5.75 Å². The third-order valence-electron chi connectivity index (χ3n) is 5.37. The molecule has 4 rings (SSSR count). The fourth-order valence-electron chi connectivity index (χ4n) is 3.94. The van der Waals surface area contributed by atoms with Crippen molar-refractivity contribution in [3.05, 3.63) is 60.4 Å². The van der Waals surface area contributed by atoms with Crippen molar-refractivity contribution in [1.82, 2.24) is 14.5 Å². The lowest BCUT2D eigenvalue weighted by Gasteiger charge is -2.24. The van der Waals surface area contributed by atoms with Gasteiger partial charge in [0.1, 0.15) is 5.75 Å². The number of benzene rings is 2. The summed E-state index contributed by atoms with van der Waals surface area (Å²) in [5.74, 6) is 0.513. The quantitative estimate of drug-likeness (QED) is 0.610. The molecule has 0 aliphatic carbocycles. The van der Waals surface area contributed by atoms with Crippen LogP contribution in [0.25, 0.3) is 11.1 Å². The number of sulfonamides is 1. The van der Waals surface area contributed by atoms with Crippen molar-refractivity contribution >= 4 is 21.6 Å². The zero-order valence-electron chi connectivity index (χ0n) is 17.3. The van der Waals surface area contributed by atoms with Crippen LogP contribution in [0.2, 0.25) is 0 Å². The summed E-state index contributed by atoms with van der Waals surface area (Å²) in [5, 5.41) is 9.87. The number of ether oxygens (including phenoxy) is 1. The zero-order valence-corrected chi connectivity index (χ0v) is 18.1. The van der Waals surface area contributed by atoms with E-state index in [2.05, 4.69) is 15.5 Å². The van der Waals surface area contributed by atoms with Gasteiger partial charge in [0, 0.05) is 24.7 Å². The van der Waals surface area contributed by atoms with Crippen LogP contribution in [0, 0.1) is 0 Å². The Hall–Kier alpha value is -3.17.